The third-order valence-corrected chi connectivity index (χ3v) is 3.66. The molecule has 0 saturated carbocycles. The summed E-state index contributed by atoms with van der Waals surface area (Å²) in [6, 6.07) is 2.39. The number of rotatable bonds is 4. The van der Waals surface area contributed by atoms with Crippen LogP contribution in [-0.4, -0.2) is 34.1 Å². The quantitative estimate of drug-likeness (QED) is 0.872. The number of nitrogens with one attached hydrogen (secondary N) is 1. The van der Waals surface area contributed by atoms with Crippen LogP contribution >= 0.6 is 11.8 Å². The smallest absolute Gasteiger partial charge is 0.218 e. The van der Waals surface area contributed by atoms with Crippen LogP contribution in [0.1, 0.15) is 19.8 Å². The van der Waals surface area contributed by atoms with Gasteiger partial charge in [0.05, 0.1) is 6.61 Å². The molecule has 0 amide bonds. The molecule has 2 heterocycles. The SMILES string of the molecule is CCOc1cc(NC2CCCSC2)ncn1. The van der Waals surface area contributed by atoms with Crippen molar-refractivity contribution in [2.45, 2.75) is 25.8 Å². The zero-order chi connectivity index (χ0) is 11.2. The first-order chi connectivity index (χ1) is 7.88. The van der Waals surface area contributed by atoms with Gasteiger partial charge in [0.15, 0.2) is 0 Å². The Morgan fingerprint density at radius 3 is 3.25 bits per heavy atom. The lowest BCUT2D eigenvalue weighted by molar-refractivity contribution is 0.326. The Bertz CT molecular complexity index is 329. The van der Waals surface area contributed by atoms with Crippen LogP contribution in [0.3, 0.4) is 0 Å². The normalized spacial score (nSPS) is 20.4. The first kappa shape index (κ1) is 11.5. The van der Waals surface area contributed by atoms with Crippen molar-refractivity contribution in [3.63, 3.8) is 0 Å². The number of ether oxygens (including phenoxy) is 1. The molecule has 2 rings (SSSR count). The van der Waals surface area contributed by atoms with Gasteiger partial charge in [0.25, 0.3) is 0 Å². The number of hydrogen-bond acceptors (Lipinski definition) is 5. The van der Waals surface area contributed by atoms with Crippen molar-refractivity contribution >= 4 is 17.6 Å². The van der Waals surface area contributed by atoms with E-state index in [-0.39, 0.29) is 0 Å². The van der Waals surface area contributed by atoms with Crippen molar-refractivity contribution in [1.29, 1.82) is 0 Å². The predicted molar refractivity (Wildman–Crippen MR) is 67.2 cm³/mol. The summed E-state index contributed by atoms with van der Waals surface area (Å²) >= 11 is 2.00. The van der Waals surface area contributed by atoms with E-state index in [0.717, 1.165) is 11.6 Å². The Morgan fingerprint density at radius 1 is 1.56 bits per heavy atom. The van der Waals surface area contributed by atoms with Gasteiger partial charge in [-0.25, -0.2) is 9.97 Å². The van der Waals surface area contributed by atoms with E-state index in [2.05, 4.69) is 15.3 Å². The lowest BCUT2D eigenvalue weighted by Gasteiger charge is -2.22. The summed E-state index contributed by atoms with van der Waals surface area (Å²) in [5.41, 5.74) is 0. The standard InChI is InChI=1S/C11H17N3OS/c1-2-15-11-6-10(12-8-13-11)14-9-4-3-5-16-7-9/h6,8-9H,2-5,7H2,1H3,(H,12,13,14). The molecule has 0 radical (unpaired) electrons. The Balaban J connectivity index is 1.94. The molecule has 1 aromatic heterocycles. The van der Waals surface area contributed by atoms with Crippen LogP contribution < -0.4 is 10.1 Å². The van der Waals surface area contributed by atoms with E-state index in [4.69, 9.17) is 4.74 Å². The largest absolute Gasteiger partial charge is 0.478 e. The Hall–Kier alpha value is -0.970. The average Bonchev–Trinajstić information content (AvgIpc) is 2.31. The molecular formula is C11H17N3OS. The average molecular weight is 239 g/mol. The Morgan fingerprint density at radius 2 is 2.50 bits per heavy atom. The third-order valence-electron chi connectivity index (χ3n) is 2.45. The van der Waals surface area contributed by atoms with E-state index >= 15 is 0 Å². The zero-order valence-corrected chi connectivity index (χ0v) is 10.3. The van der Waals surface area contributed by atoms with Crippen LogP contribution in [0.4, 0.5) is 5.82 Å². The van der Waals surface area contributed by atoms with Gasteiger partial charge in [0.1, 0.15) is 12.1 Å². The lowest BCUT2D eigenvalue weighted by Crippen LogP contribution is -2.26. The summed E-state index contributed by atoms with van der Waals surface area (Å²) in [5, 5.41) is 3.43. The Labute approximate surface area is 100 Å². The molecular weight excluding hydrogens is 222 g/mol. The van der Waals surface area contributed by atoms with Gasteiger partial charge in [0.2, 0.25) is 5.88 Å². The molecule has 88 valence electrons. The van der Waals surface area contributed by atoms with Crippen LogP contribution in [0.5, 0.6) is 5.88 Å². The zero-order valence-electron chi connectivity index (χ0n) is 9.48. The fourth-order valence-electron chi connectivity index (χ4n) is 1.71. The lowest BCUT2D eigenvalue weighted by atomic mass is 10.2. The molecule has 1 atom stereocenters. The summed E-state index contributed by atoms with van der Waals surface area (Å²) < 4.78 is 5.34. The molecule has 1 N–H and O–H groups in total. The molecule has 1 aliphatic rings. The van der Waals surface area contributed by atoms with Crippen molar-refractivity contribution in [2.24, 2.45) is 0 Å². The molecule has 1 aliphatic heterocycles. The van der Waals surface area contributed by atoms with E-state index in [1.807, 2.05) is 24.8 Å². The summed E-state index contributed by atoms with van der Waals surface area (Å²) in [7, 11) is 0. The van der Waals surface area contributed by atoms with Gasteiger partial charge in [-0.1, -0.05) is 0 Å². The van der Waals surface area contributed by atoms with Crippen LogP contribution in [0.15, 0.2) is 12.4 Å². The van der Waals surface area contributed by atoms with E-state index in [1.165, 1.54) is 18.6 Å². The first-order valence-corrected chi connectivity index (χ1v) is 6.83. The maximum atomic E-state index is 5.34. The summed E-state index contributed by atoms with van der Waals surface area (Å²) in [6.07, 6.45) is 4.05. The number of aromatic nitrogens is 2. The monoisotopic (exact) mass is 239 g/mol. The van der Waals surface area contributed by atoms with Crippen LogP contribution in [0.2, 0.25) is 0 Å². The molecule has 1 saturated heterocycles. The molecule has 5 heteroatoms. The second-order valence-electron chi connectivity index (χ2n) is 3.73. The van der Waals surface area contributed by atoms with Crippen LogP contribution in [0, 0.1) is 0 Å². The minimum atomic E-state index is 0.531. The fraction of sp³-hybridized carbons (Fsp3) is 0.636. The van der Waals surface area contributed by atoms with Gasteiger partial charge in [-0.3, -0.25) is 0 Å². The van der Waals surface area contributed by atoms with E-state index in [9.17, 15) is 0 Å². The highest BCUT2D eigenvalue weighted by Gasteiger charge is 2.13. The van der Waals surface area contributed by atoms with Crippen molar-refractivity contribution in [1.82, 2.24) is 9.97 Å². The minimum absolute atomic E-state index is 0.531. The van der Waals surface area contributed by atoms with E-state index < -0.39 is 0 Å². The predicted octanol–water partition coefficient (Wildman–Crippen LogP) is 2.18. The molecule has 1 unspecified atom stereocenters. The van der Waals surface area contributed by atoms with Crippen molar-refractivity contribution in [3.8, 4) is 5.88 Å². The van der Waals surface area contributed by atoms with Gasteiger partial charge >= 0.3 is 0 Å². The molecule has 0 spiro atoms. The number of anilines is 1. The molecule has 4 nitrogen and oxygen atoms in total. The van der Waals surface area contributed by atoms with Crippen molar-refractivity contribution in [2.75, 3.05) is 23.4 Å². The molecule has 16 heavy (non-hydrogen) atoms. The molecule has 1 aromatic rings. The highest BCUT2D eigenvalue weighted by molar-refractivity contribution is 7.99. The van der Waals surface area contributed by atoms with E-state index in [1.54, 1.807) is 6.33 Å². The summed E-state index contributed by atoms with van der Waals surface area (Å²) in [4.78, 5) is 8.25. The number of nitrogens with zero attached hydrogens (tertiary/aromatic N) is 2. The number of hydrogen-bond donors (Lipinski definition) is 1. The van der Waals surface area contributed by atoms with Crippen molar-refractivity contribution in [3.05, 3.63) is 12.4 Å². The highest BCUT2D eigenvalue weighted by Crippen LogP contribution is 2.20. The van der Waals surface area contributed by atoms with Crippen molar-refractivity contribution < 1.29 is 4.74 Å². The molecule has 0 bridgehead atoms. The van der Waals surface area contributed by atoms with Crippen LogP contribution in [0.25, 0.3) is 0 Å². The summed E-state index contributed by atoms with van der Waals surface area (Å²) in [5.74, 6) is 3.95. The van der Waals surface area contributed by atoms with Gasteiger partial charge < -0.3 is 10.1 Å². The van der Waals surface area contributed by atoms with Gasteiger partial charge in [-0.2, -0.15) is 11.8 Å². The fourth-order valence-corrected chi connectivity index (χ4v) is 2.78. The molecule has 0 aromatic carbocycles. The minimum Gasteiger partial charge on any atom is -0.478 e. The summed E-state index contributed by atoms with van der Waals surface area (Å²) in [6.45, 7) is 2.59. The van der Waals surface area contributed by atoms with Gasteiger partial charge in [0, 0.05) is 17.9 Å². The highest BCUT2D eigenvalue weighted by atomic mass is 32.2. The second-order valence-corrected chi connectivity index (χ2v) is 4.88. The van der Waals surface area contributed by atoms with Crippen LogP contribution in [-0.2, 0) is 0 Å². The maximum absolute atomic E-state index is 5.34. The molecule has 0 aliphatic carbocycles. The Kier molecular flexibility index (Phi) is 4.27. The van der Waals surface area contributed by atoms with Gasteiger partial charge in [-0.15, -0.1) is 0 Å². The topological polar surface area (TPSA) is 47.0 Å². The van der Waals surface area contributed by atoms with Gasteiger partial charge in [-0.05, 0) is 25.5 Å². The third kappa shape index (κ3) is 3.27. The first-order valence-electron chi connectivity index (χ1n) is 5.67. The second kappa shape index (κ2) is 5.94. The van der Waals surface area contributed by atoms with E-state index in [0.29, 0.717) is 18.5 Å². The molecule has 1 fully saturated rings. The number of thioether (sulfide) groups is 1. The maximum Gasteiger partial charge on any atom is 0.218 e.